The number of unbranched alkanes of at least 4 members (excludes halogenated alkanes) is 2. The van der Waals surface area contributed by atoms with E-state index < -0.39 is 65.6 Å². The van der Waals surface area contributed by atoms with E-state index in [1.165, 1.54) is 26.4 Å². The van der Waals surface area contributed by atoms with Gasteiger partial charge in [0, 0.05) is 65.3 Å². The first kappa shape index (κ1) is 60.8. The first-order valence-electron chi connectivity index (χ1n) is 26.4. The van der Waals surface area contributed by atoms with Gasteiger partial charge >= 0.3 is 0 Å². The lowest BCUT2D eigenvalue weighted by atomic mass is 9.89. The molecule has 1 aromatic rings. The topological polar surface area (TPSA) is 259 Å². The van der Waals surface area contributed by atoms with E-state index in [4.69, 9.17) is 15.2 Å². The number of carbonyl (C=O) groups excluding carboxylic acids is 9. The number of carbonyl (C=O) groups is 9. The minimum absolute atomic E-state index is 0.0589. The monoisotopic (exact) mass is 1040 g/mol. The SMILES string of the molecule is CC[C@H](C)[C@@H]([C@@H](CC(=O)N1CCC[C@H]1[C@H](OC)[C@@H](C)C(=O)N[C@@]1(C(N)=O)C[C@@H]1c1ccccc1)OC)N(C)C(=O)[C@@H](NC(=O)[C@H](C(C)C)N(C)CCCC(=O)NNC(=O)CCCCCN1C(=O)C=CC1=O)C(C)C. The van der Waals surface area contributed by atoms with Crippen LogP contribution in [0.15, 0.2) is 42.5 Å². The summed E-state index contributed by atoms with van der Waals surface area (Å²) in [4.78, 5) is 125. The highest BCUT2D eigenvalue weighted by Gasteiger charge is 2.61. The number of nitrogens with two attached hydrogens (primary N) is 1. The fraction of sp³-hybridized carbons (Fsp3) is 0.685. The summed E-state index contributed by atoms with van der Waals surface area (Å²) in [6.45, 7) is 14.4. The molecule has 74 heavy (non-hydrogen) atoms. The largest absolute Gasteiger partial charge is 0.379 e. The average Bonchev–Trinajstić information content (AvgIpc) is 3.73. The molecule has 0 bridgehead atoms. The van der Waals surface area contributed by atoms with Gasteiger partial charge in [0.2, 0.25) is 41.4 Å². The minimum atomic E-state index is -1.21. The second-order valence-electron chi connectivity index (χ2n) is 21.2. The number of likely N-dealkylation sites (tertiary alicyclic amines) is 1. The summed E-state index contributed by atoms with van der Waals surface area (Å²) in [5.74, 6) is -4.91. The lowest BCUT2D eigenvalue weighted by molar-refractivity contribution is -0.148. The standard InChI is InChI=1S/C54H85N9O11/c1-12-35(6)48(40(73-10)31-45(68)62-30-19-23-39(62)49(74-11)36(7)50(69)57-54(53(55)72)32-38(54)37-21-15-13-16-22-37)61(9)52(71)46(33(2)3)56-51(70)47(34(4)5)60(8)28-20-25-42(65)59-58-41(64)24-17-14-18-29-63-43(66)26-27-44(63)67/h13,15-16,21-22,26-27,33-36,38-40,46-49H,12,14,17-20,23-25,28-32H2,1-11H3,(H2,55,72)(H,56,70)(H,57,69)(H,58,64)(H,59,65)/t35-,36+,38+,39-,40+,46-,47-,48-,49+,54-/m0/s1. The Morgan fingerprint density at radius 2 is 1.45 bits per heavy atom. The van der Waals surface area contributed by atoms with Crippen LogP contribution in [-0.2, 0) is 52.6 Å². The lowest BCUT2D eigenvalue weighted by Gasteiger charge is -2.41. The third kappa shape index (κ3) is 15.7. The molecular formula is C54H85N9O11. The first-order chi connectivity index (χ1) is 35.0. The Morgan fingerprint density at radius 1 is 0.824 bits per heavy atom. The van der Waals surface area contributed by atoms with Crippen LogP contribution in [0.3, 0.4) is 0 Å². The van der Waals surface area contributed by atoms with Gasteiger partial charge in [-0.05, 0) is 75.4 Å². The summed E-state index contributed by atoms with van der Waals surface area (Å²) in [5.41, 5.74) is 10.4. The maximum Gasteiger partial charge on any atom is 0.253 e. The van der Waals surface area contributed by atoms with Gasteiger partial charge in [-0.3, -0.25) is 63.8 Å². The van der Waals surface area contributed by atoms with E-state index in [2.05, 4.69) is 21.5 Å². The molecule has 1 aromatic carbocycles. The van der Waals surface area contributed by atoms with E-state index >= 15 is 0 Å². The Morgan fingerprint density at radius 3 is 2.00 bits per heavy atom. The smallest absolute Gasteiger partial charge is 0.253 e. The third-order valence-electron chi connectivity index (χ3n) is 15.3. The average molecular weight is 1040 g/mol. The lowest BCUT2D eigenvalue weighted by Crippen LogP contribution is -2.60. The molecule has 9 amide bonds. The van der Waals surface area contributed by atoms with Crippen molar-refractivity contribution in [3.63, 3.8) is 0 Å². The molecule has 3 aliphatic rings. The van der Waals surface area contributed by atoms with Crippen LogP contribution in [0.1, 0.15) is 131 Å². The zero-order chi connectivity index (χ0) is 55.0. The summed E-state index contributed by atoms with van der Waals surface area (Å²) in [7, 11) is 6.50. The number of primary amides is 1. The number of likely N-dealkylation sites (N-methyl/N-ethyl adjacent to an activating group) is 2. The van der Waals surface area contributed by atoms with E-state index in [1.54, 1.807) is 30.8 Å². The van der Waals surface area contributed by atoms with Gasteiger partial charge < -0.3 is 35.6 Å². The van der Waals surface area contributed by atoms with Crippen molar-refractivity contribution in [3.05, 3.63) is 48.0 Å². The van der Waals surface area contributed by atoms with E-state index in [-0.39, 0.29) is 84.9 Å². The van der Waals surface area contributed by atoms with Crippen LogP contribution >= 0.6 is 0 Å². The molecule has 0 spiro atoms. The summed E-state index contributed by atoms with van der Waals surface area (Å²) in [6.07, 6.45) is 5.64. The molecule has 2 fully saturated rings. The van der Waals surface area contributed by atoms with Crippen LogP contribution < -0.4 is 27.2 Å². The number of rotatable bonds is 30. The fourth-order valence-electron chi connectivity index (χ4n) is 10.7. The third-order valence-corrected chi connectivity index (χ3v) is 15.3. The summed E-state index contributed by atoms with van der Waals surface area (Å²) in [5, 5.41) is 6.00. The number of nitrogens with zero attached hydrogens (tertiary/aromatic N) is 4. The molecule has 0 unspecified atom stereocenters. The molecule has 6 N–H and O–H groups in total. The van der Waals surface area contributed by atoms with Gasteiger partial charge in [0.15, 0.2) is 0 Å². The normalized spacial score (nSPS) is 21.2. The Kier molecular flexibility index (Phi) is 23.2. The molecule has 1 saturated carbocycles. The van der Waals surface area contributed by atoms with Crippen LogP contribution in [-0.4, -0.2) is 163 Å². The number of amides is 9. The van der Waals surface area contributed by atoms with Crippen molar-refractivity contribution in [2.24, 2.45) is 29.4 Å². The molecular weight excluding hydrogens is 951 g/mol. The predicted molar refractivity (Wildman–Crippen MR) is 278 cm³/mol. The Labute approximate surface area is 437 Å². The molecule has 2 heterocycles. The van der Waals surface area contributed by atoms with Crippen molar-refractivity contribution < 1.29 is 52.6 Å². The number of methoxy groups -OCH3 is 2. The molecule has 20 nitrogen and oxygen atoms in total. The van der Waals surface area contributed by atoms with Crippen molar-refractivity contribution in [1.29, 1.82) is 0 Å². The molecule has 2 aliphatic heterocycles. The molecule has 1 saturated heterocycles. The number of hydrogen-bond donors (Lipinski definition) is 5. The highest BCUT2D eigenvalue weighted by Crippen LogP contribution is 2.51. The molecule has 412 valence electrons. The van der Waals surface area contributed by atoms with Crippen molar-refractivity contribution in [2.45, 2.75) is 167 Å². The number of hydrogen-bond acceptors (Lipinski definition) is 12. The molecule has 0 aromatic heterocycles. The Hall–Kier alpha value is -5.73. The van der Waals surface area contributed by atoms with Gasteiger partial charge in [-0.1, -0.05) is 91.6 Å². The minimum Gasteiger partial charge on any atom is -0.379 e. The van der Waals surface area contributed by atoms with E-state index in [0.717, 1.165) is 10.5 Å². The van der Waals surface area contributed by atoms with Crippen molar-refractivity contribution in [3.8, 4) is 0 Å². The quantitative estimate of drug-likeness (QED) is 0.0424. The molecule has 1 aliphatic carbocycles. The number of hydrazine groups is 1. The van der Waals surface area contributed by atoms with Crippen LogP contribution in [0.5, 0.6) is 0 Å². The number of ether oxygens (including phenoxy) is 2. The van der Waals surface area contributed by atoms with Gasteiger partial charge in [0.05, 0.1) is 42.7 Å². The first-order valence-corrected chi connectivity index (χ1v) is 26.4. The number of benzene rings is 1. The summed E-state index contributed by atoms with van der Waals surface area (Å²) in [6, 6.07) is 6.88. The van der Waals surface area contributed by atoms with Crippen LogP contribution in [0.4, 0.5) is 0 Å². The van der Waals surface area contributed by atoms with Gasteiger partial charge in [-0.15, -0.1) is 0 Å². The van der Waals surface area contributed by atoms with Crippen LogP contribution in [0.25, 0.3) is 0 Å². The van der Waals surface area contributed by atoms with E-state index in [1.807, 2.05) is 76.8 Å². The molecule has 4 rings (SSSR count). The molecule has 10 atom stereocenters. The maximum atomic E-state index is 14.6. The Balaban J connectivity index is 1.33. The van der Waals surface area contributed by atoms with E-state index in [0.29, 0.717) is 64.5 Å². The van der Waals surface area contributed by atoms with Crippen molar-refractivity contribution in [1.82, 2.24) is 41.1 Å². The van der Waals surface area contributed by atoms with Gasteiger partial charge in [-0.25, -0.2) is 0 Å². The van der Waals surface area contributed by atoms with E-state index in [9.17, 15) is 43.2 Å². The highest BCUT2D eigenvalue weighted by atomic mass is 16.5. The zero-order valence-electron chi connectivity index (χ0n) is 45.6. The van der Waals surface area contributed by atoms with Gasteiger partial charge in [-0.2, -0.15) is 0 Å². The zero-order valence-corrected chi connectivity index (χ0v) is 45.6. The second-order valence-corrected chi connectivity index (χ2v) is 21.2. The summed E-state index contributed by atoms with van der Waals surface area (Å²) >= 11 is 0. The predicted octanol–water partition coefficient (Wildman–Crippen LogP) is 2.94. The fourth-order valence-corrected chi connectivity index (χ4v) is 10.7. The van der Waals surface area contributed by atoms with Crippen LogP contribution in [0.2, 0.25) is 0 Å². The highest BCUT2D eigenvalue weighted by molar-refractivity contribution is 6.12. The summed E-state index contributed by atoms with van der Waals surface area (Å²) < 4.78 is 12.1. The maximum absolute atomic E-state index is 14.6. The van der Waals surface area contributed by atoms with Gasteiger partial charge in [0.25, 0.3) is 11.8 Å². The van der Waals surface area contributed by atoms with Gasteiger partial charge in [0.1, 0.15) is 11.6 Å². The van der Waals surface area contributed by atoms with Crippen molar-refractivity contribution >= 4 is 53.2 Å². The molecule has 0 radical (unpaired) electrons. The second kappa shape index (κ2) is 28.2. The van der Waals surface area contributed by atoms with Crippen LogP contribution in [0, 0.1) is 23.7 Å². The Bertz CT molecular complexity index is 2140. The number of imide groups is 1. The van der Waals surface area contributed by atoms with Crippen molar-refractivity contribution in [2.75, 3.05) is 47.9 Å². The molecule has 20 heteroatoms. The number of nitrogens with one attached hydrogen (secondary N) is 4.